The van der Waals surface area contributed by atoms with Gasteiger partial charge in [-0.05, 0) is 49.5 Å². The fraction of sp³-hybridized carbons (Fsp3) is 0.792. The number of ketones is 1. The van der Waals surface area contributed by atoms with Gasteiger partial charge in [0, 0.05) is 31.1 Å². The number of rotatable bonds is 0. The molecule has 0 amide bonds. The highest BCUT2D eigenvalue weighted by molar-refractivity contribution is 5.87. The van der Waals surface area contributed by atoms with Crippen LogP contribution in [0.15, 0.2) is 11.6 Å². The van der Waals surface area contributed by atoms with E-state index in [-0.39, 0.29) is 5.41 Å². The molecule has 0 aromatic heterocycles. The molecule has 3 saturated carbocycles. The standard InChI is InChI=1S/C24H32O4/c1-3-4-9-22-12-13-24(27-14-15-28-24)16-23(22,26)11-7-17-18-5-6-20(25)21(18,2)10-8-19(17)22/h8,17-18,26H,3,5-7,10-16H2,1-2H3/t17-,18-,21-,22+,23+/m0/s1. The summed E-state index contributed by atoms with van der Waals surface area (Å²) >= 11 is 0. The maximum absolute atomic E-state index is 12.6. The molecule has 5 atom stereocenters. The zero-order chi connectivity index (χ0) is 19.6. The molecule has 5 aliphatic rings. The first-order valence-corrected chi connectivity index (χ1v) is 11.1. The Bertz CT molecular complexity index is 782. The Morgan fingerprint density at radius 1 is 1.21 bits per heavy atom. The highest BCUT2D eigenvalue weighted by Crippen LogP contribution is 2.66. The third-order valence-corrected chi connectivity index (χ3v) is 8.66. The molecule has 0 aromatic rings. The Morgan fingerprint density at radius 3 is 2.75 bits per heavy atom. The van der Waals surface area contributed by atoms with Crippen molar-refractivity contribution in [3.05, 3.63) is 11.6 Å². The number of ether oxygens (including phenoxy) is 2. The smallest absolute Gasteiger partial charge is 0.171 e. The minimum atomic E-state index is -0.920. The van der Waals surface area contributed by atoms with Gasteiger partial charge < -0.3 is 14.6 Å². The van der Waals surface area contributed by atoms with Crippen LogP contribution >= 0.6 is 0 Å². The third kappa shape index (κ3) is 2.33. The molecule has 0 bridgehead atoms. The fourth-order valence-corrected chi connectivity index (χ4v) is 7.18. The van der Waals surface area contributed by atoms with Gasteiger partial charge in [0.2, 0.25) is 0 Å². The van der Waals surface area contributed by atoms with Crippen LogP contribution in [0.5, 0.6) is 0 Å². The average molecular weight is 385 g/mol. The van der Waals surface area contributed by atoms with E-state index in [4.69, 9.17) is 9.47 Å². The van der Waals surface area contributed by atoms with Gasteiger partial charge in [0.25, 0.3) is 0 Å². The fourth-order valence-electron chi connectivity index (χ4n) is 7.18. The van der Waals surface area contributed by atoms with Gasteiger partial charge in [0.05, 0.1) is 24.2 Å². The number of Topliss-reactive ketones (excluding diaryl/α,β-unsaturated/α-hetero) is 1. The van der Waals surface area contributed by atoms with E-state index < -0.39 is 16.8 Å². The highest BCUT2D eigenvalue weighted by Gasteiger charge is 2.66. The predicted octanol–water partition coefficient (Wildman–Crippen LogP) is 3.77. The van der Waals surface area contributed by atoms with Crippen LogP contribution in [0.25, 0.3) is 0 Å². The third-order valence-electron chi connectivity index (χ3n) is 8.66. The van der Waals surface area contributed by atoms with Gasteiger partial charge >= 0.3 is 0 Å². The largest absolute Gasteiger partial charge is 0.388 e. The average Bonchev–Trinajstić information content (AvgIpc) is 3.25. The van der Waals surface area contributed by atoms with E-state index in [1.54, 1.807) is 0 Å². The zero-order valence-electron chi connectivity index (χ0n) is 17.2. The molecule has 0 aromatic carbocycles. The van der Waals surface area contributed by atoms with E-state index in [0.717, 1.165) is 38.5 Å². The molecular formula is C24H32O4. The molecule has 1 aliphatic heterocycles. The maximum atomic E-state index is 12.6. The van der Waals surface area contributed by atoms with E-state index >= 15 is 0 Å². The summed E-state index contributed by atoms with van der Waals surface area (Å²) in [5, 5.41) is 12.0. The summed E-state index contributed by atoms with van der Waals surface area (Å²) in [6, 6.07) is 0. The molecule has 4 fully saturated rings. The second-order valence-electron chi connectivity index (χ2n) is 9.87. The maximum Gasteiger partial charge on any atom is 0.171 e. The van der Waals surface area contributed by atoms with Crippen molar-refractivity contribution in [2.75, 3.05) is 13.2 Å². The second kappa shape index (κ2) is 6.17. The van der Waals surface area contributed by atoms with E-state index in [0.29, 0.717) is 50.1 Å². The highest BCUT2D eigenvalue weighted by atomic mass is 16.7. The minimum absolute atomic E-state index is 0.212. The van der Waals surface area contributed by atoms with Crippen LogP contribution in [0, 0.1) is 34.5 Å². The molecule has 0 unspecified atom stereocenters. The second-order valence-corrected chi connectivity index (χ2v) is 9.87. The summed E-state index contributed by atoms with van der Waals surface area (Å²) in [6.45, 7) is 5.45. The topological polar surface area (TPSA) is 55.8 Å². The zero-order valence-corrected chi connectivity index (χ0v) is 17.2. The Hall–Kier alpha value is -1.15. The van der Waals surface area contributed by atoms with Crippen LogP contribution in [0.2, 0.25) is 0 Å². The Balaban J connectivity index is 1.59. The van der Waals surface area contributed by atoms with Crippen LogP contribution in [-0.4, -0.2) is 35.5 Å². The lowest BCUT2D eigenvalue weighted by Gasteiger charge is -2.60. The Labute approximate surface area is 168 Å². The van der Waals surface area contributed by atoms with Crippen molar-refractivity contribution in [2.45, 2.75) is 83.0 Å². The molecule has 1 heterocycles. The van der Waals surface area contributed by atoms with Gasteiger partial charge in [0.1, 0.15) is 5.78 Å². The molecule has 1 N–H and O–H groups in total. The Morgan fingerprint density at radius 2 is 2.00 bits per heavy atom. The van der Waals surface area contributed by atoms with Gasteiger partial charge in [-0.25, -0.2) is 0 Å². The molecule has 0 radical (unpaired) electrons. The number of aliphatic hydroxyl groups is 1. The van der Waals surface area contributed by atoms with Crippen LogP contribution < -0.4 is 0 Å². The first-order chi connectivity index (χ1) is 13.4. The molecule has 152 valence electrons. The van der Waals surface area contributed by atoms with Crippen molar-refractivity contribution >= 4 is 5.78 Å². The number of carbonyl (C=O) groups excluding carboxylic acids is 1. The molecule has 4 heteroatoms. The lowest BCUT2D eigenvalue weighted by Crippen LogP contribution is -2.62. The van der Waals surface area contributed by atoms with Crippen LogP contribution in [0.4, 0.5) is 0 Å². The lowest BCUT2D eigenvalue weighted by molar-refractivity contribution is -0.247. The van der Waals surface area contributed by atoms with Gasteiger partial charge in [-0.2, -0.15) is 0 Å². The van der Waals surface area contributed by atoms with E-state index in [2.05, 4.69) is 31.8 Å². The molecular weight excluding hydrogens is 352 g/mol. The SMILES string of the molecule is CCC#C[C@]12CCC3(C[C@]1(O)CC[C@@H]1C2=CC[C@]2(C)C(=O)CC[C@@H]12)OCCO3. The number of allylic oxidation sites excluding steroid dienone is 1. The Kier molecular flexibility index (Phi) is 4.16. The number of hydrogen-bond acceptors (Lipinski definition) is 4. The number of hydrogen-bond donors (Lipinski definition) is 1. The van der Waals surface area contributed by atoms with Crippen molar-refractivity contribution in [1.29, 1.82) is 0 Å². The molecule has 1 saturated heterocycles. The van der Waals surface area contributed by atoms with Crippen molar-refractivity contribution < 1.29 is 19.4 Å². The van der Waals surface area contributed by atoms with E-state index in [1.165, 1.54) is 5.57 Å². The molecule has 5 rings (SSSR count). The van der Waals surface area contributed by atoms with Crippen LogP contribution in [0.1, 0.15) is 71.6 Å². The normalized spacial score (nSPS) is 46.2. The summed E-state index contributed by atoms with van der Waals surface area (Å²) in [7, 11) is 0. The van der Waals surface area contributed by atoms with Crippen molar-refractivity contribution in [3.8, 4) is 11.8 Å². The van der Waals surface area contributed by atoms with Gasteiger partial charge in [-0.1, -0.05) is 25.8 Å². The van der Waals surface area contributed by atoms with Gasteiger partial charge in [-0.3, -0.25) is 4.79 Å². The monoisotopic (exact) mass is 384 g/mol. The van der Waals surface area contributed by atoms with Gasteiger partial charge in [0.15, 0.2) is 5.79 Å². The summed E-state index contributed by atoms with van der Waals surface area (Å²) in [5.74, 6) is 7.47. The van der Waals surface area contributed by atoms with Gasteiger partial charge in [-0.15, -0.1) is 5.92 Å². The molecule has 4 nitrogen and oxygen atoms in total. The summed E-state index contributed by atoms with van der Waals surface area (Å²) in [4.78, 5) is 12.6. The number of carbonyl (C=O) groups is 1. The first-order valence-electron chi connectivity index (χ1n) is 11.1. The lowest BCUT2D eigenvalue weighted by atomic mass is 9.46. The van der Waals surface area contributed by atoms with E-state index in [1.807, 2.05) is 0 Å². The summed E-state index contributed by atoms with van der Waals surface area (Å²) in [6.07, 6.45) is 9.28. The number of fused-ring (bicyclic) bond motifs is 5. The van der Waals surface area contributed by atoms with Crippen LogP contribution in [0.3, 0.4) is 0 Å². The van der Waals surface area contributed by atoms with Crippen LogP contribution in [-0.2, 0) is 14.3 Å². The quantitative estimate of drug-likeness (QED) is 0.510. The molecule has 4 aliphatic carbocycles. The van der Waals surface area contributed by atoms with Crippen molar-refractivity contribution in [3.63, 3.8) is 0 Å². The molecule has 28 heavy (non-hydrogen) atoms. The van der Waals surface area contributed by atoms with E-state index in [9.17, 15) is 9.90 Å². The first kappa shape index (κ1) is 18.9. The van der Waals surface area contributed by atoms with Crippen molar-refractivity contribution in [2.24, 2.45) is 22.7 Å². The summed E-state index contributed by atoms with van der Waals surface area (Å²) in [5.41, 5.74) is -0.320. The molecule has 1 spiro atoms. The van der Waals surface area contributed by atoms with Crippen molar-refractivity contribution in [1.82, 2.24) is 0 Å². The predicted molar refractivity (Wildman–Crippen MR) is 105 cm³/mol. The minimum Gasteiger partial charge on any atom is -0.388 e. The summed E-state index contributed by atoms with van der Waals surface area (Å²) < 4.78 is 12.0.